The summed E-state index contributed by atoms with van der Waals surface area (Å²) in [4.78, 5) is 39.9. The fraction of sp³-hybridized carbons (Fsp3) is 0.250. The molecule has 4 aromatic rings. The van der Waals surface area contributed by atoms with Crippen molar-refractivity contribution in [3.05, 3.63) is 76.3 Å². The second kappa shape index (κ2) is 8.63. The van der Waals surface area contributed by atoms with Gasteiger partial charge in [-0.1, -0.05) is 41.7 Å². The number of benzene rings is 2. The maximum Gasteiger partial charge on any atom is 0.278 e. The molecule has 0 bridgehead atoms. The summed E-state index contributed by atoms with van der Waals surface area (Å²) in [7, 11) is 0. The van der Waals surface area contributed by atoms with E-state index in [4.69, 9.17) is 0 Å². The van der Waals surface area contributed by atoms with E-state index in [1.54, 1.807) is 12.1 Å². The van der Waals surface area contributed by atoms with Crippen LogP contribution in [0.4, 0.5) is 9.52 Å². The normalized spacial score (nSPS) is 16.0. The number of aromatic nitrogens is 3. The number of Topliss-reactive ketones (excluding diaryl/α,β-unsaturated/α-hetero) is 1. The van der Waals surface area contributed by atoms with Crippen molar-refractivity contribution in [3.63, 3.8) is 0 Å². The summed E-state index contributed by atoms with van der Waals surface area (Å²) in [5, 5.41) is 0.643. The molecule has 0 amide bonds. The Morgan fingerprint density at radius 3 is 2.69 bits per heavy atom. The first-order valence-electron chi connectivity index (χ1n) is 10.6. The fourth-order valence-corrected chi connectivity index (χ4v) is 5.12. The van der Waals surface area contributed by atoms with Crippen LogP contribution in [-0.4, -0.2) is 33.3 Å². The number of rotatable bonds is 6. The molecular weight excluding hydrogens is 427 g/mol. The Morgan fingerprint density at radius 1 is 1.12 bits per heavy atom. The summed E-state index contributed by atoms with van der Waals surface area (Å²) in [6.45, 7) is 0.726. The Labute approximate surface area is 187 Å². The van der Waals surface area contributed by atoms with Crippen molar-refractivity contribution in [3.8, 4) is 11.4 Å². The zero-order valence-corrected chi connectivity index (χ0v) is 18.1. The smallest absolute Gasteiger partial charge is 0.278 e. The minimum absolute atomic E-state index is 0.194. The highest BCUT2D eigenvalue weighted by Gasteiger charge is 2.32. The molecule has 5 rings (SSSR count). The van der Waals surface area contributed by atoms with Gasteiger partial charge >= 0.3 is 0 Å². The molecule has 1 fully saturated rings. The number of nitrogens with one attached hydrogen (secondary N) is 1. The number of nitrogens with zero attached hydrogens (tertiary/aromatic N) is 3. The largest absolute Gasteiger partial charge is 0.338 e. The molecule has 2 aromatic carbocycles. The minimum Gasteiger partial charge on any atom is -0.338 e. The summed E-state index contributed by atoms with van der Waals surface area (Å²) >= 11 is 1.31. The second-order valence-electron chi connectivity index (χ2n) is 7.87. The number of hydrogen-bond acceptors (Lipinski definition) is 6. The Balaban J connectivity index is 1.39. The average Bonchev–Trinajstić information content (AvgIpc) is 3.46. The molecule has 0 unspecified atom stereocenters. The Bertz CT molecular complexity index is 1320. The molecule has 1 aliphatic heterocycles. The third-order valence-electron chi connectivity index (χ3n) is 5.75. The van der Waals surface area contributed by atoms with Crippen LogP contribution in [0.25, 0.3) is 21.7 Å². The van der Waals surface area contributed by atoms with Crippen molar-refractivity contribution in [2.75, 3.05) is 11.4 Å². The highest BCUT2D eigenvalue weighted by Crippen LogP contribution is 2.33. The number of fused-ring (bicyclic) bond motifs is 1. The van der Waals surface area contributed by atoms with Gasteiger partial charge in [-0.15, -0.1) is 0 Å². The van der Waals surface area contributed by atoms with E-state index in [0.29, 0.717) is 34.2 Å². The molecule has 2 aromatic heterocycles. The van der Waals surface area contributed by atoms with E-state index >= 15 is 0 Å². The number of carbonyl (C=O) groups excluding carboxylic acids is 1. The van der Waals surface area contributed by atoms with Crippen LogP contribution < -0.4 is 10.5 Å². The van der Waals surface area contributed by atoms with Gasteiger partial charge in [0.2, 0.25) is 0 Å². The molecule has 1 atom stereocenters. The number of halogens is 1. The lowest BCUT2D eigenvalue weighted by Gasteiger charge is -2.22. The van der Waals surface area contributed by atoms with Crippen molar-refractivity contribution < 1.29 is 9.18 Å². The fourth-order valence-electron chi connectivity index (χ4n) is 4.10. The Kier molecular flexibility index (Phi) is 5.53. The standard InChI is InChI=1S/C24H21FN4O2S/c25-17-11-9-16(10-12-17)21-27-22(31)20-23(28-21)32-24(26-20)29-14-4-7-18(29)19(30)13-8-15-5-2-1-3-6-15/h1-3,5-6,9-12,18H,4,7-8,13-14H2,(H,27,28,31)/t18-/m1/s1. The van der Waals surface area contributed by atoms with Crippen molar-refractivity contribution in [2.45, 2.75) is 31.7 Å². The maximum absolute atomic E-state index is 13.2. The van der Waals surface area contributed by atoms with E-state index in [1.165, 1.54) is 23.5 Å². The van der Waals surface area contributed by atoms with Crippen molar-refractivity contribution in [2.24, 2.45) is 0 Å². The predicted molar refractivity (Wildman–Crippen MR) is 124 cm³/mol. The summed E-state index contributed by atoms with van der Waals surface area (Å²) in [6.07, 6.45) is 2.88. The lowest BCUT2D eigenvalue weighted by molar-refractivity contribution is -0.120. The van der Waals surface area contributed by atoms with Gasteiger partial charge in [0.05, 0.1) is 6.04 Å². The molecule has 3 heterocycles. The SMILES string of the molecule is O=C(CCc1ccccc1)[C@H]1CCCN1c1nc2c(=O)[nH]c(-c3ccc(F)cc3)nc2s1. The van der Waals surface area contributed by atoms with Gasteiger partial charge in [0.1, 0.15) is 11.6 Å². The highest BCUT2D eigenvalue weighted by atomic mass is 32.1. The Morgan fingerprint density at radius 2 is 1.91 bits per heavy atom. The molecule has 162 valence electrons. The third-order valence-corrected chi connectivity index (χ3v) is 6.74. The first-order valence-corrected chi connectivity index (χ1v) is 11.4. The number of carbonyl (C=O) groups is 1. The summed E-state index contributed by atoms with van der Waals surface area (Å²) in [6, 6.07) is 15.6. The van der Waals surface area contributed by atoms with Crippen LogP contribution in [0.5, 0.6) is 0 Å². The van der Waals surface area contributed by atoms with Gasteiger partial charge in [-0.25, -0.2) is 14.4 Å². The number of hydrogen-bond donors (Lipinski definition) is 1. The maximum atomic E-state index is 13.2. The molecule has 0 spiro atoms. The van der Waals surface area contributed by atoms with Gasteiger partial charge in [-0.05, 0) is 49.1 Å². The van der Waals surface area contributed by atoms with Crippen LogP contribution in [0.15, 0.2) is 59.4 Å². The quantitative estimate of drug-likeness (QED) is 0.474. The number of H-pyrrole nitrogens is 1. The van der Waals surface area contributed by atoms with Crippen LogP contribution >= 0.6 is 11.3 Å². The lowest BCUT2D eigenvalue weighted by atomic mass is 10.0. The summed E-state index contributed by atoms with van der Waals surface area (Å²) in [5.41, 5.74) is 1.69. The van der Waals surface area contributed by atoms with Gasteiger partial charge < -0.3 is 9.88 Å². The molecule has 1 N–H and O–H groups in total. The molecular formula is C24H21FN4O2S. The average molecular weight is 449 g/mol. The number of aromatic amines is 1. The first kappa shape index (κ1) is 20.5. The molecule has 8 heteroatoms. The van der Waals surface area contributed by atoms with Gasteiger partial charge in [-0.3, -0.25) is 9.59 Å². The van der Waals surface area contributed by atoms with Crippen LogP contribution in [0, 0.1) is 5.82 Å². The number of ketones is 1. The number of anilines is 1. The molecule has 1 saturated heterocycles. The van der Waals surface area contributed by atoms with E-state index in [2.05, 4.69) is 15.0 Å². The molecule has 0 aliphatic carbocycles. The van der Waals surface area contributed by atoms with Crippen molar-refractivity contribution >= 4 is 32.6 Å². The van der Waals surface area contributed by atoms with Crippen LogP contribution in [-0.2, 0) is 11.2 Å². The lowest BCUT2D eigenvalue weighted by Crippen LogP contribution is -2.36. The predicted octanol–water partition coefficient (Wildman–Crippen LogP) is 4.36. The molecule has 0 radical (unpaired) electrons. The number of aryl methyl sites for hydroxylation is 1. The van der Waals surface area contributed by atoms with Crippen LogP contribution in [0.1, 0.15) is 24.8 Å². The zero-order chi connectivity index (χ0) is 22.1. The third kappa shape index (κ3) is 4.05. The van der Waals surface area contributed by atoms with Crippen molar-refractivity contribution in [1.29, 1.82) is 0 Å². The van der Waals surface area contributed by atoms with E-state index in [1.807, 2.05) is 35.2 Å². The monoisotopic (exact) mass is 448 g/mol. The van der Waals surface area contributed by atoms with Gasteiger partial charge in [0.15, 0.2) is 21.3 Å². The number of thiazole rings is 1. The zero-order valence-electron chi connectivity index (χ0n) is 17.3. The van der Waals surface area contributed by atoms with Crippen LogP contribution in [0.2, 0.25) is 0 Å². The van der Waals surface area contributed by atoms with E-state index < -0.39 is 0 Å². The Hall–Kier alpha value is -3.39. The summed E-state index contributed by atoms with van der Waals surface area (Å²) < 4.78 is 13.2. The highest BCUT2D eigenvalue weighted by molar-refractivity contribution is 7.21. The molecule has 32 heavy (non-hydrogen) atoms. The van der Waals surface area contributed by atoms with Gasteiger partial charge in [0, 0.05) is 18.5 Å². The van der Waals surface area contributed by atoms with Gasteiger partial charge in [-0.2, -0.15) is 0 Å². The van der Waals surface area contributed by atoms with Gasteiger partial charge in [0.25, 0.3) is 5.56 Å². The van der Waals surface area contributed by atoms with Crippen LogP contribution in [0.3, 0.4) is 0 Å². The van der Waals surface area contributed by atoms with E-state index in [9.17, 15) is 14.0 Å². The van der Waals surface area contributed by atoms with E-state index in [0.717, 1.165) is 24.9 Å². The van der Waals surface area contributed by atoms with Crippen molar-refractivity contribution in [1.82, 2.24) is 15.0 Å². The first-order chi connectivity index (χ1) is 15.6. The molecule has 1 aliphatic rings. The van der Waals surface area contributed by atoms with E-state index in [-0.39, 0.29) is 28.7 Å². The topological polar surface area (TPSA) is 79.0 Å². The molecule has 6 nitrogen and oxygen atoms in total. The molecule has 0 saturated carbocycles. The summed E-state index contributed by atoms with van der Waals surface area (Å²) in [5.74, 6) is 0.211. The minimum atomic E-state index is -0.353. The second-order valence-corrected chi connectivity index (χ2v) is 8.83.